The third-order valence-electron chi connectivity index (χ3n) is 5.59. The number of benzene rings is 1. The molecule has 12 heteroatoms. The Morgan fingerprint density at radius 3 is 2.27 bits per heavy atom. The van der Waals surface area contributed by atoms with Gasteiger partial charge >= 0.3 is 12.4 Å². The van der Waals surface area contributed by atoms with Gasteiger partial charge in [-0.2, -0.15) is 26.3 Å². The lowest BCUT2D eigenvalue weighted by molar-refractivity contribution is -0.151. The minimum absolute atomic E-state index is 0.000738. The molecule has 0 bridgehead atoms. The molecule has 1 heterocycles. The first-order valence-corrected chi connectivity index (χ1v) is 10.3. The van der Waals surface area contributed by atoms with E-state index in [0.717, 1.165) is 31.2 Å². The molecule has 1 saturated carbocycles. The lowest BCUT2D eigenvalue weighted by atomic mass is 9.93. The molecule has 3 N–H and O–H groups in total. The van der Waals surface area contributed by atoms with E-state index in [0.29, 0.717) is 25.7 Å². The van der Waals surface area contributed by atoms with E-state index in [1.807, 2.05) is 0 Å². The van der Waals surface area contributed by atoms with Crippen molar-refractivity contribution in [3.8, 4) is 11.3 Å². The molecule has 0 radical (unpaired) electrons. The number of halogens is 6. The van der Waals surface area contributed by atoms with Gasteiger partial charge in [-0.15, -0.1) is 0 Å². The number of hydrogen-bond donors (Lipinski definition) is 3. The maximum atomic E-state index is 12.9. The number of amides is 1. The van der Waals surface area contributed by atoms with Crippen molar-refractivity contribution < 1.29 is 40.8 Å². The van der Waals surface area contributed by atoms with E-state index in [1.54, 1.807) is 0 Å². The number of nitrogens with zero attached hydrogens (tertiary/aromatic N) is 1. The molecule has 1 fully saturated rings. The van der Waals surface area contributed by atoms with Gasteiger partial charge in [0.05, 0.1) is 11.7 Å². The van der Waals surface area contributed by atoms with Crippen molar-refractivity contribution in [1.29, 1.82) is 0 Å². The van der Waals surface area contributed by atoms with Crippen LogP contribution in [0.5, 0.6) is 0 Å². The van der Waals surface area contributed by atoms with E-state index in [1.165, 1.54) is 0 Å². The lowest BCUT2D eigenvalue weighted by Gasteiger charge is -2.26. The number of aliphatic hydroxyl groups excluding tert-OH is 1. The van der Waals surface area contributed by atoms with Gasteiger partial charge in [-0.1, -0.05) is 17.3 Å². The molecule has 6 nitrogen and oxygen atoms in total. The summed E-state index contributed by atoms with van der Waals surface area (Å²) in [5, 5.41) is 18.3. The Morgan fingerprint density at radius 2 is 1.73 bits per heavy atom. The molecule has 1 unspecified atom stereocenters. The standard InChI is InChI=1S/C21H23F6N3O3/c1-11(20(22,23)24)28-10-16-17(19(32)29-14-6-8-15(31)9-7-14)30-33-18(16)12-2-4-13(5-3-12)21(25,26)27/h2-5,11,14-15,28,31H,6-10H2,1H3,(H,29,32)/t11?,14-,15+. The Kier molecular flexibility index (Phi) is 7.37. The van der Waals surface area contributed by atoms with Crippen LogP contribution < -0.4 is 10.6 Å². The Balaban J connectivity index is 1.87. The van der Waals surface area contributed by atoms with Gasteiger partial charge < -0.3 is 20.3 Å². The fraction of sp³-hybridized carbons (Fsp3) is 0.524. The first-order valence-electron chi connectivity index (χ1n) is 10.3. The highest BCUT2D eigenvalue weighted by atomic mass is 19.4. The topological polar surface area (TPSA) is 87.4 Å². The zero-order valence-corrected chi connectivity index (χ0v) is 17.6. The number of aliphatic hydroxyl groups is 1. The molecule has 3 rings (SSSR count). The van der Waals surface area contributed by atoms with Crippen LogP contribution in [0.4, 0.5) is 26.3 Å². The van der Waals surface area contributed by atoms with Crippen LogP contribution in [-0.4, -0.2) is 40.5 Å². The second-order valence-corrected chi connectivity index (χ2v) is 8.04. The summed E-state index contributed by atoms with van der Waals surface area (Å²) in [6.45, 7) is 0.449. The molecular weight excluding hydrogens is 456 g/mol. The Labute approximate surface area is 185 Å². The molecule has 2 aromatic rings. The highest BCUT2D eigenvalue weighted by molar-refractivity contribution is 5.95. The van der Waals surface area contributed by atoms with Gasteiger partial charge in [0.25, 0.3) is 5.91 Å². The number of rotatable bonds is 6. The van der Waals surface area contributed by atoms with E-state index in [2.05, 4.69) is 15.8 Å². The first kappa shape index (κ1) is 25.0. The van der Waals surface area contributed by atoms with Gasteiger partial charge in [0.1, 0.15) is 6.04 Å². The van der Waals surface area contributed by atoms with Crippen LogP contribution in [0.25, 0.3) is 11.3 Å². The normalized spacial score (nSPS) is 20.5. The van der Waals surface area contributed by atoms with Crippen LogP contribution in [0.2, 0.25) is 0 Å². The number of nitrogens with one attached hydrogen (secondary N) is 2. The second kappa shape index (κ2) is 9.72. The molecule has 33 heavy (non-hydrogen) atoms. The van der Waals surface area contributed by atoms with Crippen LogP contribution in [0, 0.1) is 0 Å². The molecule has 182 valence electrons. The molecule has 0 aliphatic heterocycles. The monoisotopic (exact) mass is 479 g/mol. The fourth-order valence-corrected chi connectivity index (χ4v) is 3.53. The number of carbonyl (C=O) groups excluding carboxylic acids is 1. The summed E-state index contributed by atoms with van der Waals surface area (Å²) in [6.07, 6.45) is -7.51. The zero-order chi connectivity index (χ0) is 24.4. The quantitative estimate of drug-likeness (QED) is 0.534. The second-order valence-electron chi connectivity index (χ2n) is 8.04. The predicted molar refractivity (Wildman–Crippen MR) is 105 cm³/mol. The van der Waals surface area contributed by atoms with Gasteiger partial charge in [0.2, 0.25) is 0 Å². The average molecular weight is 479 g/mol. The minimum atomic E-state index is -4.56. The number of aromatic nitrogens is 1. The largest absolute Gasteiger partial charge is 0.416 e. The zero-order valence-electron chi connectivity index (χ0n) is 17.6. The van der Waals surface area contributed by atoms with E-state index in [-0.39, 0.29) is 28.6 Å². The van der Waals surface area contributed by atoms with Crippen LogP contribution in [0.3, 0.4) is 0 Å². The average Bonchev–Trinajstić information content (AvgIpc) is 3.16. The molecule has 0 spiro atoms. The molecule has 0 saturated heterocycles. The van der Waals surface area contributed by atoms with Crippen LogP contribution in [0.1, 0.15) is 54.2 Å². The maximum absolute atomic E-state index is 12.9. The number of alkyl halides is 6. The smallest absolute Gasteiger partial charge is 0.393 e. The van der Waals surface area contributed by atoms with Gasteiger partial charge in [0.15, 0.2) is 11.5 Å². The maximum Gasteiger partial charge on any atom is 0.416 e. The van der Waals surface area contributed by atoms with Crippen molar-refractivity contribution in [3.63, 3.8) is 0 Å². The lowest BCUT2D eigenvalue weighted by Crippen LogP contribution is -2.41. The summed E-state index contributed by atoms with van der Waals surface area (Å²) in [4.78, 5) is 12.8. The Bertz CT molecular complexity index is 948. The fourth-order valence-electron chi connectivity index (χ4n) is 3.53. The van der Waals surface area contributed by atoms with Crippen molar-refractivity contribution in [2.24, 2.45) is 0 Å². The van der Waals surface area contributed by atoms with Crippen molar-refractivity contribution in [2.45, 2.75) is 69.7 Å². The van der Waals surface area contributed by atoms with Crippen molar-refractivity contribution in [3.05, 3.63) is 41.1 Å². The number of carbonyl (C=O) groups is 1. The van der Waals surface area contributed by atoms with Gasteiger partial charge in [-0.3, -0.25) is 4.79 Å². The summed E-state index contributed by atoms with van der Waals surface area (Å²) in [6, 6.07) is 1.65. The van der Waals surface area contributed by atoms with Crippen molar-refractivity contribution in [1.82, 2.24) is 15.8 Å². The van der Waals surface area contributed by atoms with E-state index >= 15 is 0 Å². The Hall–Kier alpha value is -2.60. The van der Waals surface area contributed by atoms with E-state index in [9.17, 15) is 36.2 Å². The van der Waals surface area contributed by atoms with E-state index in [4.69, 9.17) is 4.52 Å². The molecule has 1 amide bonds. The highest BCUT2D eigenvalue weighted by Gasteiger charge is 2.36. The number of hydrogen-bond acceptors (Lipinski definition) is 5. The summed E-state index contributed by atoms with van der Waals surface area (Å²) in [7, 11) is 0. The molecular formula is C21H23F6N3O3. The third kappa shape index (κ3) is 6.26. The van der Waals surface area contributed by atoms with Crippen molar-refractivity contribution >= 4 is 5.91 Å². The van der Waals surface area contributed by atoms with Crippen LogP contribution >= 0.6 is 0 Å². The van der Waals surface area contributed by atoms with E-state index < -0.39 is 42.5 Å². The van der Waals surface area contributed by atoms with Gasteiger partial charge in [-0.25, -0.2) is 0 Å². The molecule has 1 aliphatic carbocycles. The van der Waals surface area contributed by atoms with Crippen LogP contribution in [0.15, 0.2) is 28.8 Å². The van der Waals surface area contributed by atoms with Gasteiger partial charge in [-0.05, 0) is 44.7 Å². The van der Waals surface area contributed by atoms with Gasteiger partial charge in [0, 0.05) is 23.7 Å². The van der Waals surface area contributed by atoms with Crippen molar-refractivity contribution in [2.75, 3.05) is 0 Å². The molecule has 1 aromatic heterocycles. The molecule has 1 aromatic carbocycles. The SMILES string of the molecule is CC(NCc1c(C(=O)N[C@H]2CC[C@@H](O)CC2)noc1-c1ccc(C(F)(F)F)cc1)C(F)(F)F. The Morgan fingerprint density at radius 1 is 1.12 bits per heavy atom. The predicted octanol–water partition coefficient (Wildman–Crippen LogP) is 4.43. The summed E-state index contributed by atoms with van der Waals surface area (Å²) >= 11 is 0. The first-order chi connectivity index (χ1) is 15.4. The summed E-state index contributed by atoms with van der Waals surface area (Å²) in [5.74, 6) is -0.774. The minimum Gasteiger partial charge on any atom is -0.393 e. The summed E-state index contributed by atoms with van der Waals surface area (Å²) in [5.41, 5.74) is -1.03. The van der Waals surface area contributed by atoms with Crippen LogP contribution in [-0.2, 0) is 12.7 Å². The molecule has 1 aliphatic rings. The highest BCUT2D eigenvalue weighted by Crippen LogP contribution is 2.33. The molecule has 1 atom stereocenters. The summed E-state index contributed by atoms with van der Waals surface area (Å²) < 4.78 is 82.6. The third-order valence-corrected chi connectivity index (χ3v) is 5.59.